The summed E-state index contributed by atoms with van der Waals surface area (Å²) in [7, 11) is 0. The molecule has 1 aromatic rings. The van der Waals surface area contributed by atoms with Gasteiger partial charge in [-0.2, -0.15) is 0 Å². The molecule has 0 radical (unpaired) electrons. The van der Waals surface area contributed by atoms with E-state index in [0.29, 0.717) is 0 Å². The van der Waals surface area contributed by atoms with Crippen LogP contribution in [0.15, 0.2) is 35.2 Å². The molecule has 1 aromatic carbocycles. The molecule has 0 heterocycles. The highest BCUT2D eigenvalue weighted by atomic mass is 32.2. The maximum Gasteiger partial charge on any atom is 0.316 e. The highest BCUT2D eigenvalue weighted by molar-refractivity contribution is 8.03. The van der Waals surface area contributed by atoms with Crippen molar-refractivity contribution in [3.8, 4) is 0 Å². The van der Waals surface area contributed by atoms with Crippen molar-refractivity contribution in [3.63, 3.8) is 0 Å². The predicted molar refractivity (Wildman–Crippen MR) is 66.7 cm³/mol. The molecule has 0 spiro atoms. The molecular formula is C11H14O2S2. The van der Waals surface area contributed by atoms with Crippen LogP contribution in [0.3, 0.4) is 0 Å². The van der Waals surface area contributed by atoms with E-state index in [0.717, 1.165) is 11.5 Å². The lowest BCUT2D eigenvalue weighted by molar-refractivity contribution is -0.136. The Bertz CT molecular complexity index is 301. The Balaban J connectivity index is 2.15. The average molecular weight is 242 g/mol. The van der Waals surface area contributed by atoms with Gasteiger partial charge in [-0.15, -0.1) is 23.5 Å². The van der Waals surface area contributed by atoms with Crippen LogP contribution in [0.4, 0.5) is 0 Å². The van der Waals surface area contributed by atoms with Gasteiger partial charge in [-0.25, -0.2) is 0 Å². The lowest BCUT2D eigenvalue weighted by atomic mass is 10.4. The summed E-state index contributed by atoms with van der Waals surface area (Å²) in [6.07, 6.45) is 0. The van der Waals surface area contributed by atoms with E-state index in [9.17, 15) is 4.79 Å². The molecule has 0 saturated heterocycles. The van der Waals surface area contributed by atoms with Gasteiger partial charge < -0.3 is 5.11 Å². The highest BCUT2D eigenvalue weighted by Crippen LogP contribution is 2.20. The second-order valence-corrected chi connectivity index (χ2v) is 5.63. The van der Waals surface area contributed by atoms with E-state index in [1.165, 1.54) is 16.7 Å². The zero-order valence-corrected chi connectivity index (χ0v) is 10.2. The van der Waals surface area contributed by atoms with E-state index in [1.54, 1.807) is 18.7 Å². The van der Waals surface area contributed by atoms with Gasteiger partial charge in [-0.05, 0) is 19.1 Å². The first-order valence-electron chi connectivity index (χ1n) is 4.72. The van der Waals surface area contributed by atoms with Crippen molar-refractivity contribution < 1.29 is 9.90 Å². The molecule has 15 heavy (non-hydrogen) atoms. The molecule has 1 rings (SSSR count). The molecule has 0 fully saturated rings. The molecule has 0 aromatic heterocycles. The van der Waals surface area contributed by atoms with Crippen molar-refractivity contribution in [1.29, 1.82) is 0 Å². The normalized spacial score (nSPS) is 12.3. The Morgan fingerprint density at radius 2 is 2.00 bits per heavy atom. The van der Waals surface area contributed by atoms with E-state index in [4.69, 9.17) is 5.11 Å². The number of rotatable bonds is 6. The predicted octanol–water partition coefficient (Wildman–Crippen LogP) is 2.99. The largest absolute Gasteiger partial charge is 0.480 e. The number of hydrogen-bond donors (Lipinski definition) is 1. The summed E-state index contributed by atoms with van der Waals surface area (Å²) >= 11 is 3.24. The van der Waals surface area contributed by atoms with Gasteiger partial charge in [-0.1, -0.05) is 18.2 Å². The van der Waals surface area contributed by atoms with E-state index in [2.05, 4.69) is 12.1 Å². The Kier molecular flexibility index (Phi) is 5.65. The molecule has 0 aliphatic heterocycles. The van der Waals surface area contributed by atoms with Crippen molar-refractivity contribution in [2.45, 2.75) is 17.1 Å². The third-order valence-electron chi connectivity index (χ3n) is 1.81. The minimum atomic E-state index is -0.732. The molecule has 82 valence electrons. The molecule has 0 aliphatic carbocycles. The van der Waals surface area contributed by atoms with Crippen LogP contribution in [0.2, 0.25) is 0 Å². The fraction of sp³-hybridized carbons (Fsp3) is 0.364. The maximum absolute atomic E-state index is 10.5. The molecule has 4 heteroatoms. The second-order valence-electron chi connectivity index (χ2n) is 3.01. The Morgan fingerprint density at radius 3 is 2.60 bits per heavy atom. The standard InChI is InChI=1S/C11H14O2S2/c1-9(11(12)13)14-7-8-15-10-5-3-2-4-6-10/h2-6,9H,7-8H2,1H3,(H,12,13). The zero-order valence-electron chi connectivity index (χ0n) is 8.55. The molecule has 0 saturated carbocycles. The Hall–Kier alpha value is -0.610. The molecule has 1 atom stereocenters. The summed E-state index contributed by atoms with van der Waals surface area (Å²) in [6.45, 7) is 1.72. The number of carbonyl (C=O) groups is 1. The Morgan fingerprint density at radius 1 is 1.33 bits per heavy atom. The smallest absolute Gasteiger partial charge is 0.316 e. The summed E-state index contributed by atoms with van der Waals surface area (Å²) in [5.41, 5.74) is 0. The fourth-order valence-corrected chi connectivity index (χ4v) is 2.77. The molecular weight excluding hydrogens is 228 g/mol. The maximum atomic E-state index is 10.5. The zero-order chi connectivity index (χ0) is 11.1. The van der Waals surface area contributed by atoms with Gasteiger partial charge in [0.15, 0.2) is 0 Å². The number of aliphatic carboxylic acids is 1. The molecule has 0 amide bonds. The first-order chi connectivity index (χ1) is 7.20. The minimum absolute atomic E-state index is 0.304. The molecule has 0 aliphatic rings. The summed E-state index contributed by atoms with van der Waals surface area (Å²) < 4.78 is 0. The van der Waals surface area contributed by atoms with Gasteiger partial charge in [0.25, 0.3) is 0 Å². The Labute approximate surface area is 98.5 Å². The summed E-state index contributed by atoms with van der Waals surface area (Å²) in [4.78, 5) is 11.8. The number of hydrogen-bond acceptors (Lipinski definition) is 3. The molecule has 1 N–H and O–H groups in total. The minimum Gasteiger partial charge on any atom is -0.480 e. The van der Waals surface area contributed by atoms with Gasteiger partial charge in [0, 0.05) is 16.4 Å². The first-order valence-corrected chi connectivity index (χ1v) is 6.76. The quantitative estimate of drug-likeness (QED) is 0.614. The van der Waals surface area contributed by atoms with Gasteiger partial charge in [-0.3, -0.25) is 4.79 Å². The fourth-order valence-electron chi connectivity index (χ4n) is 0.972. The topological polar surface area (TPSA) is 37.3 Å². The second kappa shape index (κ2) is 6.80. The van der Waals surface area contributed by atoms with Crippen LogP contribution in [0.25, 0.3) is 0 Å². The lowest BCUT2D eigenvalue weighted by Gasteiger charge is -2.05. The SMILES string of the molecule is CC(SCCSc1ccccc1)C(=O)O. The third-order valence-corrected chi connectivity index (χ3v) is 4.22. The molecule has 1 unspecified atom stereocenters. The van der Waals surface area contributed by atoms with Gasteiger partial charge in [0.05, 0.1) is 5.25 Å². The number of benzene rings is 1. The number of thioether (sulfide) groups is 2. The van der Waals surface area contributed by atoms with Crippen LogP contribution in [0.5, 0.6) is 0 Å². The monoisotopic (exact) mass is 242 g/mol. The van der Waals surface area contributed by atoms with Crippen molar-refractivity contribution >= 4 is 29.5 Å². The van der Waals surface area contributed by atoms with Gasteiger partial charge in [0.1, 0.15) is 0 Å². The first kappa shape index (κ1) is 12.5. The van der Waals surface area contributed by atoms with Crippen molar-refractivity contribution in [2.24, 2.45) is 0 Å². The van der Waals surface area contributed by atoms with Crippen LogP contribution < -0.4 is 0 Å². The van der Waals surface area contributed by atoms with Gasteiger partial charge in [0.2, 0.25) is 0 Å². The van der Waals surface area contributed by atoms with Crippen LogP contribution in [0.1, 0.15) is 6.92 Å². The van der Waals surface area contributed by atoms with Crippen molar-refractivity contribution in [2.75, 3.05) is 11.5 Å². The van der Waals surface area contributed by atoms with Crippen LogP contribution in [-0.2, 0) is 4.79 Å². The summed E-state index contributed by atoms with van der Waals surface area (Å²) in [5.74, 6) is 1.09. The van der Waals surface area contributed by atoms with E-state index < -0.39 is 5.97 Å². The number of carboxylic acid groups (broad SMARTS) is 1. The van der Waals surface area contributed by atoms with Gasteiger partial charge >= 0.3 is 5.97 Å². The lowest BCUT2D eigenvalue weighted by Crippen LogP contribution is -2.12. The van der Waals surface area contributed by atoms with E-state index in [-0.39, 0.29) is 5.25 Å². The van der Waals surface area contributed by atoms with Crippen LogP contribution in [0, 0.1) is 0 Å². The van der Waals surface area contributed by atoms with Crippen LogP contribution in [-0.4, -0.2) is 27.8 Å². The molecule has 0 bridgehead atoms. The average Bonchev–Trinajstić information content (AvgIpc) is 2.25. The number of carboxylic acids is 1. The highest BCUT2D eigenvalue weighted by Gasteiger charge is 2.09. The van der Waals surface area contributed by atoms with E-state index >= 15 is 0 Å². The van der Waals surface area contributed by atoms with Crippen molar-refractivity contribution in [1.82, 2.24) is 0 Å². The van der Waals surface area contributed by atoms with Crippen molar-refractivity contribution in [3.05, 3.63) is 30.3 Å². The molecule has 2 nitrogen and oxygen atoms in total. The summed E-state index contributed by atoms with van der Waals surface area (Å²) in [6, 6.07) is 10.1. The summed E-state index contributed by atoms with van der Waals surface area (Å²) in [5, 5.41) is 8.37. The van der Waals surface area contributed by atoms with E-state index in [1.807, 2.05) is 18.2 Å². The third kappa shape index (κ3) is 5.14. The van der Waals surface area contributed by atoms with Crippen LogP contribution >= 0.6 is 23.5 Å².